The Bertz CT molecular complexity index is 551. The number of hydrogen-bond acceptors (Lipinski definition) is 5. The number of carbonyl (C=O) groups excluding carboxylic acids is 2. The van der Waals surface area contributed by atoms with Crippen molar-refractivity contribution in [2.24, 2.45) is 0 Å². The minimum absolute atomic E-state index is 0.0477. The van der Waals surface area contributed by atoms with Crippen molar-refractivity contribution in [3.05, 3.63) is 28.6 Å². The van der Waals surface area contributed by atoms with E-state index in [0.29, 0.717) is 10.4 Å². The van der Waals surface area contributed by atoms with E-state index in [2.05, 4.69) is 26.0 Å². The van der Waals surface area contributed by atoms with Crippen LogP contribution in [0.25, 0.3) is 6.08 Å². The first-order valence-electron chi connectivity index (χ1n) is 5.96. The first-order valence-corrected chi connectivity index (χ1v) is 6.75. The number of ether oxygens (including phenoxy) is 1. The second-order valence-electron chi connectivity index (χ2n) is 3.99. The van der Waals surface area contributed by atoms with Crippen molar-refractivity contribution in [2.75, 3.05) is 7.11 Å². The molecule has 0 radical (unpaired) electrons. The highest BCUT2D eigenvalue weighted by Crippen LogP contribution is 2.14. The van der Waals surface area contributed by atoms with E-state index in [-0.39, 0.29) is 12.8 Å². The number of rotatable bonds is 7. The molecule has 8 heteroatoms. The lowest BCUT2D eigenvalue weighted by molar-refractivity contribution is -0.143. The number of carboxylic acids is 1. The molecule has 0 spiro atoms. The second-order valence-corrected chi connectivity index (χ2v) is 4.77. The summed E-state index contributed by atoms with van der Waals surface area (Å²) in [6.45, 7) is 0. The lowest BCUT2D eigenvalue weighted by Crippen LogP contribution is -2.40. The molecule has 0 aromatic carbocycles. The fourth-order valence-electron chi connectivity index (χ4n) is 1.42. The zero-order valence-electron chi connectivity index (χ0n) is 11.2. The molecule has 21 heavy (non-hydrogen) atoms. The minimum Gasteiger partial charge on any atom is -0.480 e. The van der Waals surface area contributed by atoms with Gasteiger partial charge in [-0.05, 0) is 40.6 Å². The van der Waals surface area contributed by atoms with E-state index in [1.54, 1.807) is 12.1 Å². The molecule has 1 aromatic heterocycles. The average molecular weight is 360 g/mol. The molecule has 0 bridgehead atoms. The van der Waals surface area contributed by atoms with Crippen molar-refractivity contribution in [2.45, 2.75) is 18.9 Å². The van der Waals surface area contributed by atoms with Gasteiger partial charge in [-0.3, -0.25) is 9.59 Å². The number of esters is 1. The van der Waals surface area contributed by atoms with Gasteiger partial charge in [0, 0.05) is 12.5 Å². The molecule has 0 aliphatic heterocycles. The van der Waals surface area contributed by atoms with Crippen molar-refractivity contribution >= 4 is 39.9 Å². The first-order chi connectivity index (χ1) is 9.92. The summed E-state index contributed by atoms with van der Waals surface area (Å²) in [5.74, 6) is -1.91. The first kappa shape index (κ1) is 17.0. The van der Waals surface area contributed by atoms with Gasteiger partial charge in [-0.2, -0.15) is 0 Å². The molecule has 1 heterocycles. The lowest BCUT2D eigenvalue weighted by Gasteiger charge is -2.12. The number of amides is 1. The van der Waals surface area contributed by atoms with Crippen LogP contribution in [0, 0.1) is 0 Å². The topological polar surface area (TPSA) is 106 Å². The number of furan rings is 1. The third kappa shape index (κ3) is 6.26. The lowest BCUT2D eigenvalue weighted by atomic mass is 10.1. The normalized spacial score (nSPS) is 12.1. The Morgan fingerprint density at radius 1 is 1.48 bits per heavy atom. The monoisotopic (exact) mass is 359 g/mol. The van der Waals surface area contributed by atoms with Gasteiger partial charge in [0.05, 0.1) is 7.11 Å². The molecular formula is C13H14BrNO6. The summed E-state index contributed by atoms with van der Waals surface area (Å²) in [5.41, 5.74) is 0. The van der Waals surface area contributed by atoms with Crippen LogP contribution in [0.4, 0.5) is 0 Å². The molecule has 0 fully saturated rings. The van der Waals surface area contributed by atoms with E-state index in [0.717, 1.165) is 6.08 Å². The highest BCUT2D eigenvalue weighted by atomic mass is 79.9. The predicted octanol–water partition coefficient (Wildman–Crippen LogP) is 1.58. The molecule has 2 N–H and O–H groups in total. The number of carboxylic acid groups (broad SMARTS) is 1. The molecule has 0 unspecified atom stereocenters. The summed E-state index contributed by atoms with van der Waals surface area (Å²) >= 11 is 3.12. The van der Waals surface area contributed by atoms with Crippen molar-refractivity contribution < 1.29 is 28.6 Å². The van der Waals surface area contributed by atoms with Gasteiger partial charge in [0.25, 0.3) is 0 Å². The van der Waals surface area contributed by atoms with Gasteiger partial charge in [0.2, 0.25) is 5.91 Å². The highest BCUT2D eigenvalue weighted by molar-refractivity contribution is 9.10. The Balaban J connectivity index is 2.54. The van der Waals surface area contributed by atoms with Gasteiger partial charge in [-0.1, -0.05) is 0 Å². The van der Waals surface area contributed by atoms with Gasteiger partial charge in [-0.15, -0.1) is 0 Å². The van der Waals surface area contributed by atoms with Crippen molar-refractivity contribution in [3.8, 4) is 0 Å². The summed E-state index contributed by atoms with van der Waals surface area (Å²) in [7, 11) is 1.21. The number of nitrogens with one attached hydrogen (secondary N) is 1. The highest BCUT2D eigenvalue weighted by Gasteiger charge is 2.20. The van der Waals surface area contributed by atoms with Crippen LogP contribution in [0.15, 0.2) is 27.3 Å². The summed E-state index contributed by atoms with van der Waals surface area (Å²) in [5, 5.41) is 11.3. The van der Waals surface area contributed by atoms with E-state index in [9.17, 15) is 14.4 Å². The molecule has 0 saturated heterocycles. The van der Waals surface area contributed by atoms with Crippen molar-refractivity contribution in [3.63, 3.8) is 0 Å². The van der Waals surface area contributed by atoms with E-state index in [1.807, 2.05) is 0 Å². The summed E-state index contributed by atoms with van der Waals surface area (Å²) in [6.07, 6.45) is 2.41. The molecular weight excluding hydrogens is 346 g/mol. The number of aliphatic carboxylic acids is 1. The van der Waals surface area contributed by atoms with Gasteiger partial charge in [-0.25, -0.2) is 4.79 Å². The maximum Gasteiger partial charge on any atom is 0.326 e. The van der Waals surface area contributed by atoms with Crippen LogP contribution in [-0.2, 0) is 19.1 Å². The summed E-state index contributed by atoms with van der Waals surface area (Å²) in [4.78, 5) is 33.6. The largest absolute Gasteiger partial charge is 0.480 e. The maximum absolute atomic E-state index is 11.6. The minimum atomic E-state index is -1.22. The number of halogens is 1. The molecule has 0 aliphatic rings. The molecule has 1 amide bonds. The third-order valence-corrected chi connectivity index (χ3v) is 2.90. The van der Waals surface area contributed by atoms with Crippen LogP contribution < -0.4 is 5.32 Å². The maximum atomic E-state index is 11.6. The van der Waals surface area contributed by atoms with Gasteiger partial charge < -0.3 is 19.6 Å². The summed E-state index contributed by atoms with van der Waals surface area (Å²) < 4.78 is 10.1. The summed E-state index contributed by atoms with van der Waals surface area (Å²) in [6, 6.07) is 2.14. The Hall–Kier alpha value is -2.09. The third-order valence-electron chi connectivity index (χ3n) is 2.47. The predicted molar refractivity (Wildman–Crippen MR) is 76.3 cm³/mol. The van der Waals surface area contributed by atoms with Crippen LogP contribution in [0.2, 0.25) is 0 Å². The molecule has 1 atom stereocenters. The quantitative estimate of drug-likeness (QED) is 0.565. The number of hydrogen-bond donors (Lipinski definition) is 2. The Morgan fingerprint density at radius 3 is 2.71 bits per heavy atom. The Kier molecular flexibility index (Phi) is 6.67. The smallest absolute Gasteiger partial charge is 0.326 e. The van der Waals surface area contributed by atoms with Crippen LogP contribution >= 0.6 is 15.9 Å². The van der Waals surface area contributed by atoms with E-state index < -0.39 is 23.9 Å². The van der Waals surface area contributed by atoms with Crippen LogP contribution in [-0.4, -0.2) is 36.1 Å². The Morgan fingerprint density at radius 2 is 2.19 bits per heavy atom. The van der Waals surface area contributed by atoms with E-state index >= 15 is 0 Å². The molecule has 1 aromatic rings. The van der Waals surface area contributed by atoms with Crippen LogP contribution in [0.1, 0.15) is 18.6 Å². The molecule has 0 saturated carbocycles. The molecule has 7 nitrogen and oxygen atoms in total. The molecule has 1 rings (SSSR count). The van der Waals surface area contributed by atoms with Crippen molar-refractivity contribution in [1.82, 2.24) is 5.32 Å². The zero-order valence-corrected chi connectivity index (χ0v) is 12.8. The van der Waals surface area contributed by atoms with E-state index in [1.165, 1.54) is 13.2 Å². The van der Waals surface area contributed by atoms with Crippen LogP contribution in [0.3, 0.4) is 0 Å². The number of methoxy groups -OCH3 is 1. The standard InChI is InChI=1S/C13H14BrNO6/c1-20-12(17)7-4-9(13(18)19)15-11(16)6-3-8-2-5-10(14)21-8/h2-3,5-6,9H,4,7H2,1H3,(H,15,16)(H,18,19)/b6-3+/t9-/m0/s1. The number of carbonyl (C=O) groups is 3. The molecule has 114 valence electrons. The fourth-order valence-corrected chi connectivity index (χ4v) is 1.74. The SMILES string of the molecule is COC(=O)CC[C@H](NC(=O)/C=C/c1ccc(Br)o1)C(=O)O. The fraction of sp³-hybridized carbons (Fsp3) is 0.308. The second kappa shape index (κ2) is 8.25. The van der Waals surface area contributed by atoms with Gasteiger partial charge >= 0.3 is 11.9 Å². The van der Waals surface area contributed by atoms with Crippen LogP contribution in [0.5, 0.6) is 0 Å². The van der Waals surface area contributed by atoms with Gasteiger partial charge in [0.1, 0.15) is 11.8 Å². The van der Waals surface area contributed by atoms with Gasteiger partial charge in [0.15, 0.2) is 4.67 Å². The molecule has 0 aliphatic carbocycles. The van der Waals surface area contributed by atoms with Crippen molar-refractivity contribution in [1.29, 1.82) is 0 Å². The average Bonchev–Trinajstić information content (AvgIpc) is 2.86. The van der Waals surface area contributed by atoms with E-state index in [4.69, 9.17) is 9.52 Å². The Labute approximate surface area is 129 Å². The zero-order chi connectivity index (χ0) is 15.8.